The van der Waals surface area contributed by atoms with Crippen molar-refractivity contribution < 1.29 is 9.47 Å². The fourth-order valence-corrected chi connectivity index (χ4v) is 3.65. The van der Waals surface area contributed by atoms with Gasteiger partial charge in [0.15, 0.2) is 0 Å². The Labute approximate surface area is 145 Å². The minimum atomic E-state index is 0.846. The standard InChI is InChI=1S/C19H16O2S2/c1-20-15-7-3-13(4-8-15)17-11-12-18(23-19(17)22)14-5-9-16(21-2)10-6-14/h3-12H,1-2H3. The van der Waals surface area contributed by atoms with Gasteiger partial charge < -0.3 is 9.47 Å². The molecule has 1 aromatic heterocycles. The summed E-state index contributed by atoms with van der Waals surface area (Å²) in [7, 11) is 3.34. The lowest BCUT2D eigenvalue weighted by atomic mass is 10.1. The summed E-state index contributed by atoms with van der Waals surface area (Å²) in [5, 5.41) is 0. The molecule has 0 radical (unpaired) electrons. The fourth-order valence-electron chi connectivity index (χ4n) is 2.31. The number of benzene rings is 2. The molecule has 0 aliphatic rings. The van der Waals surface area contributed by atoms with E-state index in [1.807, 2.05) is 48.5 Å². The maximum atomic E-state index is 5.59. The van der Waals surface area contributed by atoms with Gasteiger partial charge >= 0.3 is 0 Å². The van der Waals surface area contributed by atoms with Crippen molar-refractivity contribution >= 4 is 23.6 Å². The Bertz CT molecular complexity index is 850. The normalized spacial score (nSPS) is 10.3. The van der Waals surface area contributed by atoms with Gasteiger partial charge in [0.05, 0.1) is 18.0 Å². The minimum absolute atomic E-state index is 0.846. The van der Waals surface area contributed by atoms with Crippen LogP contribution >= 0.6 is 23.6 Å². The smallest absolute Gasteiger partial charge is 0.118 e. The van der Waals surface area contributed by atoms with Gasteiger partial charge in [0.2, 0.25) is 0 Å². The summed E-state index contributed by atoms with van der Waals surface area (Å²) < 4.78 is 11.3. The van der Waals surface area contributed by atoms with E-state index in [0.717, 1.165) is 36.9 Å². The number of ether oxygens (including phenoxy) is 2. The second-order valence-corrected chi connectivity index (χ2v) is 6.68. The predicted molar refractivity (Wildman–Crippen MR) is 99.1 cm³/mol. The summed E-state index contributed by atoms with van der Waals surface area (Å²) >= 11 is 7.21. The van der Waals surface area contributed by atoms with E-state index in [0.29, 0.717) is 0 Å². The SMILES string of the molecule is COc1ccc(-c2ccc(-c3ccc(OC)cc3)c(=S)s2)cc1. The Morgan fingerprint density at radius 3 is 1.70 bits per heavy atom. The quantitative estimate of drug-likeness (QED) is 0.557. The molecule has 0 saturated carbocycles. The monoisotopic (exact) mass is 340 g/mol. The number of hydrogen-bond acceptors (Lipinski definition) is 4. The molecule has 116 valence electrons. The van der Waals surface area contributed by atoms with Crippen molar-refractivity contribution in [1.82, 2.24) is 0 Å². The average Bonchev–Trinajstić information content (AvgIpc) is 2.62. The summed E-state index contributed by atoms with van der Waals surface area (Å²) in [6, 6.07) is 20.2. The van der Waals surface area contributed by atoms with E-state index in [9.17, 15) is 0 Å². The number of rotatable bonds is 4. The van der Waals surface area contributed by atoms with Crippen LogP contribution in [0, 0.1) is 3.82 Å². The zero-order chi connectivity index (χ0) is 16.2. The van der Waals surface area contributed by atoms with Gasteiger partial charge in [-0.15, -0.1) is 11.3 Å². The molecule has 0 atom stereocenters. The molecule has 2 nitrogen and oxygen atoms in total. The third kappa shape index (κ3) is 3.44. The molecule has 0 bridgehead atoms. The molecule has 0 saturated heterocycles. The van der Waals surface area contributed by atoms with Crippen LogP contribution in [0.15, 0.2) is 60.7 Å². The van der Waals surface area contributed by atoms with Crippen molar-refractivity contribution in [3.8, 4) is 33.1 Å². The first-order valence-electron chi connectivity index (χ1n) is 7.14. The molecule has 2 aromatic carbocycles. The summed E-state index contributed by atoms with van der Waals surface area (Å²) in [6.45, 7) is 0. The van der Waals surface area contributed by atoms with Crippen LogP contribution in [0.4, 0.5) is 0 Å². The topological polar surface area (TPSA) is 18.5 Å². The fraction of sp³-hybridized carbons (Fsp3) is 0.105. The Morgan fingerprint density at radius 2 is 1.22 bits per heavy atom. The van der Waals surface area contributed by atoms with Gasteiger partial charge in [-0.25, -0.2) is 0 Å². The third-order valence-corrected chi connectivity index (χ3v) is 5.07. The van der Waals surface area contributed by atoms with E-state index >= 15 is 0 Å². The van der Waals surface area contributed by atoms with Gasteiger partial charge in [0.1, 0.15) is 11.5 Å². The summed E-state index contributed by atoms with van der Waals surface area (Å²) in [4.78, 5) is 1.15. The second kappa shape index (κ2) is 6.94. The molecule has 0 N–H and O–H groups in total. The van der Waals surface area contributed by atoms with Crippen molar-refractivity contribution in [2.75, 3.05) is 14.2 Å². The van der Waals surface area contributed by atoms with Crippen LogP contribution in [-0.4, -0.2) is 14.2 Å². The molecule has 0 aliphatic heterocycles. The number of methoxy groups -OCH3 is 2. The largest absolute Gasteiger partial charge is 0.497 e. The highest BCUT2D eigenvalue weighted by Crippen LogP contribution is 2.32. The van der Waals surface area contributed by atoms with Crippen LogP contribution in [0.3, 0.4) is 0 Å². The highest BCUT2D eigenvalue weighted by Gasteiger charge is 2.05. The minimum Gasteiger partial charge on any atom is -0.497 e. The van der Waals surface area contributed by atoms with Crippen molar-refractivity contribution in [3.63, 3.8) is 0 Å². The highest BCUT2D eigenvalue weighted by atomic mass is 32.1. The molecular formula is C19H16O2S2. The van der Waals surface area contributed by atoms with Gasteiger partial charge in [-0.05, 0) is 53.6 Å². The lowest BCUT2D eigenvalue weighted by molar-refractivity contribution is 0.415. The molecule has 3 rings (SSSR count). The Balaban J connectivity index is 1.94. The molecule has 0 spiro atoms. The lowest BCUT2D eigenvalue weighted by Gasteiger charge is -2.07. The molecular weight excluding hydrogens is 324 g/mol. The zero-order valence-electron chi connectivity index (χ0n) is 12.9. The number of hydrogen-bond donors (Lipinski definition) is 0. The van der Waals surface area contributed by atoms with Crippen molar-refractivity contribution in [2.45, 2.75) is 0 Å². The predicted octanol–water partition coefficient (Wildman–Crippen LogP) is 5.83. The van der Waals surface area contributed by atoms with Gasteiger partial charge in [-0.2, -0.15) is 0 Å². The van der Waals surface area contributed by atoms with E-state index in [2.05, 4.69) is 12.1 Å². The van der Waals surface area contributed by atoms with E-state index in [-0.39, 0.29) is 0 Å². The van der Waals surface area contributed by atoms with Crippen LogP contribution in [-0.2, 0) is 0 Å². The van der Waals surface area contributed by atoms with Gasteiger partial charge in [-0.1, -0.05) is 30.4 Å². The first-order valence-corrected chi connectivity index (χ1v) is 8.37. The van der Waals surface area contributed by atoms with E-state index in [4.69, 9.17) is 21.7 Å². The van der Waals surface area contributed by atoms with E-state index in [1.54, 1.807) is 25.6 Å². The zero-order valence-corrected chi connectivity index (χ0v) is 14.5. The van der Waals surface area contributed by atoms with E-state index in [1.165, 1.54) is 0 Å². The van der Waals surface area contributed by atoms with Crippen molar-refractivity contribution in [2.24, 2.45) is 0 Å². The third-order valence-electron chi connectivity index (χ3n) is 3.60. The van der Waals surface area contributed by atoms with Gasteiger partial charge in [-0.3, -0.25) is 0 Å². The Hall–Kier alpha value is -2.17. The molecule has 1 heterocycles. The molecule has 0 unspecified atom stereocenters. The molecule has 0 fully saturated rings. The Morgan fingerprint density at radius 1 is 0.696 bits per heavy atom. The highest BCUT2D eigenvalue weighted by molar-refractivity contribution is 7.73. The van der Waals surface area contributed by atoms with Crippen LogP contribution in [0.5, 0.6) is 11.5 Å². The summed E-state index contributed by atoms with van der Waals surface area (Å²) in [6.07, 6.45) is 0. The second-order valence-electron chi connectivity index (χ2n) is 4.96. The van der Waals surface area contributed by atoms with Crippen LogP contribution in [0.1, 0.15) is 0 Å². The molecule has 3 aromatic rings. The maximum Gasteiger partial charge on any atom is 0.118 e. The van der Waals surface area contributed by atoms with Crippen LogP contribution in [0.25, 0.3) is 21.6 Å². The molecule has 0 aliphatic carbocycles. The van der Waals surface area contributed by atoms with Crippen LogP contribution in [0.2, 0.25) is 0 Å². The summed E-state index contributed by atoms with van der Waals surface area (Å²) in [5.74, 6) is 1.70. The summed E-state index contributed by atoms with van der Waals surface area (Å²) in [5.41, 5.74) is 3.32. The first-order chi connectivity index (χ1) is 11.2. The average molecular weight is 340 g/mol. The first kappa shape index (κ1) is 15.7. The Kier molecular flexibility index (Phi) is 4.74. The molecule has 0 amide bonds. The van der Waals surface area contributed by atoms with Gasteiger partial charge in [0.25, 0.3) is 0 Å². The lowest BCUT2D eigenvalue weighted by Crippen LogP contribution is -1.84. The van der Waals surface area contributed by atoms with Crippen LogP contribution < -0.4 is 9.47 Å². The van der Waals surface area contributed by atoms with Gasteiger partial charge in [0, 0.05) is 10.4 Å². The van der Waals surface area contributed by atoms with Crippen molar-refractivity contribution in [3.05, 3.63) is 64.5 Å². The molecule has 4 heteroatoms. The van der Waals surface area contributed by atoms with E-state index < -0.39 is 0 Å². The molecule has 23 heavy (non-hydrogen) atoms. The van der Waals surface area contributed by atoms with Crippen molar-refractivity contribution in [1.29, 1.82) is 0 Å². The maximum absolute atomic E-state index is 5.59.